The number of ether oxygens (including phenoxy) is 1. The molecule has 0 aliphatic rings. The molecule has 0 N–H and O–H groups in total. The summed E-state index contributed by atoms with van der Waals surface area (Å²) in [6, 6.07) is 0. The molecule has 1 radical (unpaired) electrons. The number of rotatable bonds is 9. The van der Waals surface area contributed by atoms with E-state index in [4.69, 9.17) is 4.74 Å². The van der Waals surface area contributed by atoms with Gasteiger partial charge in [0.2, 0.25) is 0 Å². The second-order valence-electron chi connectivity index (χ2n) is 3.68. The minimum Gasteiger partial charge on any atom is -0.466 e. The zero-order valence-corrected chi connectivity index (χ0v) is 12.7. The first-order chi connectivity index (χ1) is 6.81. The Morgan fingerprint density at radius 3 is 2.00 bits per heavy atom. The topological polar surface area (TPSA) is 26.3 Å². The van der Waals surface area contributed by atoms with Crippen molar-refractivity contribution in [3.05, 3.63) is 0 Å². The molecule has 0 saturated carbocycles. The van der Waals surface area contributed by atoms with Gasteiger partial charge in [-0.3, -0.25) is 4.79 Å². The standard InChI is InChI=1S/C12H24O2.Na/c1-3-5-6-7-8-9-10-11-12(13)14-4-2;/h3-11H2,1-2H3;. The van der Waals surface area contributed by atoms with E-state index in [1.165, 1.54) is 38.5 Å². The van der Waals surface area contributed by atoms with Crippen molar-refractivity contribution >= 4 is 35.5 Å². The maximum Gasteiger partial charge on any atom is 0.305 e. The maximum atomic E-state index is 11.0. The van der Waals surface area contributed by atoms with Crippen LogP contribution in [0.5, 0.6) is 0 Å². The third kappa shape index (κ3) is 14.5. The molecule has 3 heteroatoms. The molecule has 0 aromatic carbocycles. The zero-order chi connectivity index (χ0) is 10.6. The number of hydrogen-bond donors (Lipinski definition) is 0. The van der Waals surface area contributed by atoms with Crippen LogP contribution < -0.4 is 0 Å². The summed E-state index contributed by atoms with van der Waals surface area (Å²) in [4.78, 5) is 11.0. The van der Waals surface area contributed by atoms with Gasteiger partial charge in [-0.2, -0.15) is 0 Å². The molecule has 0 aliphatic carbocycles. The fraction of sp³-hybridized carbons (Fsp3) is 0.917. The number of carbonyl (C=O) groups excluding carboxylic acids is 1. The van der Waals surface area contributed by atoms with Gasteiger partial charge in [0.05, 0.1) is 6.61 Å². The van der Waals surface area contributed by atoms with Gasteiger partial charge in [0, 0.05) is 36.0 Å². The van der Waals surface area contributed by atoms with Crippen LogP contribution in [0.4, 0.5) is 0 Å². The van der Waals surface area contributed by atoms with E-state index >= 15 is 0 Å². The Hall–Kier alpha value is 0.470. The van der Waals surface area contributed by atoms with Crippen LogP contribution in [0.2, 0.25) is 0 Å². The van der Waals surface area contributed by atoms with Crippen LogP contribution in [-0.4, -0.2) is 42.1 Å². The first-order valence-electron chi connectivity index (χ1n) is 5.96. The second kappa shape index (κ2) is 14.5. The summed E-state index contributed by atoms with van der Waals surface area (Å²) in [5.74, 6) is -0.0407. The van der Waals surface area contributed by atoms with Crippen LogP contribution in [-0.2, 0) is 9.53 Å². The van der Waals surface area contributed by atoms with Crippen LogP contribution >= 0.6 is 0 Å². The summed E-state index contributed by atoms with van der Waals surface area (Å²) in [5, 5.41) is 0. The minimum atomic E-state index is -0.0407. The van der Waals surface area contributed by atoms with E-state index in [1.54, 1.807) is 0 Å². The molecule has 0 rings (SSSR count). The van der Waals surface area contributed by atoms with Crippen molar-refractivity contribution < 1.29 is 9.53 Å². The van der Waals surface area contributed by atoms with Crippen LogP contribution in [0, 0.1) is 0 Å². The van der Waals surface area contributed by atoms with Crippen molar-refractivity contribution in [2.24, 2.45) is 0 Å². The quantitative estimate of drug-likeness (QED) is 0.340. The van der Waals surface area contributed by atoms with Gasteiger partial charge in [0.1, 0.15) is 0 Å². The van der Waals surface area contributed by atoms with Crippen LogP contribution in [0.25, 0.3) is 0 Å². The molecule has 0 heterocycles. The molecule has 0 spiro atoms. The Bertz CT molecular complexity index is 138. The average Bonchev–Trinajstić information content (AvgIpc) is 2.17. The molecule has 0 fully saturated rings. The first kappa shape index (κ1) is 17.9. The summed E-state index contributed by atoms with van der Waals surface area (Å²) in [5.41, 5.74) is 0. The van der Waals surface area contributed by atoms with Gasteiger partial charge in [-0.05, 0) is 13.3 Å². The van der Waals surface area contributed by atoms with E-state index in [-0.39, 0.29) is 35.5 Å². The van der Waals surface area contributed by atoms with Gasteiger partial charge in [0.25, 0.3) is 0 Å². The van der Waals surface area contributed by atoms with Crippen molar-refractivity contribution in [1.82, 2.24) is 0 Å². The first-order valence-corrected chi connectivity index (χ1v) is 5.96. The van der Waals surface area contributed by atoms with E-state index in [1.807, 2.05) is 6.92 Å². The third-order valence-electron chi connectivity index (χ3n) is 2.29. The van der Waals surface area contributed by atoms with Crippen molar-refractivity contribution in [2.75, 3.05) is 6.61 Å². The van der Waals surface area contributed by atoms with Crippen LogP contribution in [0.1, 0.15) is 65.2 Å². The zero-order valence-electron chi connectivity index (χ0n) is 10.7. The van der Waals surface area contributed by atoms with Crippen LogP contribution in [0.3, 0.4) is 0 Å². The molecule has 15 heavy (non-hydrogen) atoms. The van der Waals surface area contributed by atoms with Gasteiger partial charge >= 0.3 is 5.97 Å². The molecular formula is C12H24NaO2. The smallest absolute Gasteiger partial charge is 0.305 e. The summed E-state index contributed by atoms with van der Waals surface area (Å²) in [6.45, 7) is 4.58. The molecule has 0 aliphatic heterocycles. The predicted molar refractivity (Wildman–Crippen MR) is 65.0 cm³/mol. The molecule has 0 amide bonds. The fourth-order valence-corrected chi connectivity index (χ4v) is 1.46. The summed E-state index contributed by atoms with van der Waals surface area (Å²) < 4.78 is 4.85. The monoisotopic (exact) mass is 223 g/mol. The Balaban J connectivity index is 0. The average molecular weight is 223 g/mol. The number of hydrogen-bond acceptors (Lipinski definition) is 2. The van der Waals surface area contributed by atoms with Crippen molar-refractivity contribution in [1.29, 1.82) is 0 Å². The Morgan fingerprint density at radius 1 is 0.933 bits per heavy atom. The van der Waals surface area contributed by atoms with Gasteiger partial charge < -0.3 is 4.74 Å². The molecule has 0 aromatic heterocycles. The molecule has 0 unspecified atom stereocenters. The number of carbonyl (C=O) groups is 1. The SMILES string of the molecule is CCCCCCCCCC(=O)OCC.[Na]. The minimum absolute atomic E-state index is 0. The largest absolute Gasteiger partial charge is 0.466 e. The fourth-order valence-electron chi connectivity index (χ4n) is 1.46. The summed E-state index contributed by atoms with van der Waals surface area (Å²) in [7, 11) is 0. The summed E-state index contributed by atoms with van der Waals surface area (Å²) >= 11 is 0. The van der Waals surface area contributed by atoms with Crippen molar-refractivity contribution in [2.45, 2.75) is 65.2 Å². The number of esters is 1. The molecule has 0 aromatic rings. The Kier molecular flexibility index (Phi) is 17.2. The maximum absolute atomic E-state index is 11.0. The van der Waals surface area contributed by atoms with E-state index in [0.29, 0.717) is 13.0 Å². The normalized spacial score (nSPS) is 9.47. The van der Waals surface area contributed by atoms with Gasteiger partial charge in [0.15, 0.2) is 0 Å². The summed E-state index contributed by atoms with van der Waals surface area (Å²) in [6.07, 6.45) is 9.32. The molecule has 0 atom stereocenters. The van der Waals surface area contributed by atoms with E-state index in [9.17, 15) is 4.79 Å². The van der Waals surface area contributed by atoms with Gasteiger partial charge in [-0.1, -0.05) is 45.4 Å². The van der Waals surface area contributed by atoms with E-state index < -0.39 is 0 Å². The molecule has 0 saturated heterocycles. The van der Waals surface area contributed by atoms with Crippen molar-refractivity contribution in [3.63, 3.8) is 0 Å². The third-order valence-corrected chi connectivity index (χ3v) is 2.29. The predicted octanol–water partition coefficient (Wildman–Crippen LogP) is 3.31. The van der Waals surface area contributed by atoms with Crippen molar-refractivity contribution in [3.8, 4) is 0 Å². The Labute approximate surface area is 116 Å². The Morgan fingerprint density at radius 2 is 1.47 bits per heavy atom. The van der Waals surface area contributed by atoms with Crippen LogP contribution in [0.15, 0.2) is 0 Å². The van der Waals surface area contributed by atoms with E-state index in [2.05, 4.69) is 6.92 Å². The molecule has 85 valence electrons. The molecular weight excluding hydrogens is 199 g/mol. The van der Waals surface area contributed by atoms with Gasteiger partial charge in [-0.25, -0.2) is 0 Å². The molecule has 0 bridgehead atoms. The van der Waals surface area contributed by atoms with Gasteiger partial charge in [-0.15, -0.1) is 0 Å². The second-order valence-corrected chi connectivity index (χ2v) is 3.68. The van der Waals surface area contributed by atoms with E-state index in [0.717, 1.165) is 6.42 Å². The molecule has 2 nitrogen and oxygen atoms in total. The number of unbranched alkanes of at least 4 members (excludes halogenated alkanes) is 6.